The molecular formula is C17H21N2O+. The molecule has 2 rings (SSSR count). The number of quaternary nitrogens is 1. The molecule has 0 radical (unpaired) electrons. The van der Waals surface area contributed by atoms with Gasteiger partial charge < -0.3 is 10.6 Å². The molecule has 3 N–H and O–H groups in total. The third kappa shape index (κ3) is 4.21. The topological polar surface area (TPSA) is 45.7 Å². The van der Waals surface area contributed by atoms with Crippen molar-refractivity contribution >= 4 is 11.6 Å². The van der Waals surface area contributed by atoms with E-state index in [4.69, 9.17) is 0 Å². The van der Waals surface area contributed by atoms with Crippen molar-refractivity contribution in [3.63, 3.8) is 0 Å². The minimum Gasteiger partial charge on any atom is -0.337 e. The van der Waals surface area contributed by atoms with Crippen LogP contribution in [-0.2, 0) is 11.3 Å². The summed E-state index contributed by atoms with van der Waals surface area (Å²) in [6.45, 7) is 4.65. The third-order valence-electron chi connectivity index (χ3n) is 3.31. The lowest BCUT2D eigenvalue weighted by Crippen LogP contribution is -2.83. The summed E-state index contributed by atoms with van der Waals surface area (Å²) in [6.07, 6.45) is 0. The van der Waals surface area contributed by atoms with Crippen molar-refractivity contribution in [1.29, 1.82) is 0 Å². The fourth-order valence-corrected chi connectivity index (χ4v) is 2.13. The Labute approximate surface area is 120 Å². The van der Waals surface area contributed by atoms with Crippen LogP contribution >= 0.6 is 0 Å². The maximum atomic E-state index is 11.0. The van der Waals surface area contributed by atoms with E-state index in [2.05, 4.69) is 54.0 Å². The SMILES string of the molecule is CC(=O)Nc1ccc(C[NH2+][C@@H](C)c2ccccc2)cc1. The molecule has 0 saturated heterocycles. The number of nitrogens with one attached hydrogen (secondary N) is 1. The standard InChI is InChI=1S/C17H20N2O/c1-13(16-6-4-3-5-7-16)18-12-15-8-10-17(11-9-15)19-14(2)20/h3-11,13,18H,12H2,1-2H3,(H,19,20)/p+1/t13-/m0/s1. The molecule has 0 aromatic heterocycles. The summed E-state index contributed by atoms with van der Waals surface area (Å²) in [5.74, 6) is -0.0398. The molecule has 3 heteroatoms. The summed E-state index contributed by atoms with van der Waals surface area (Å²) in [7, 11) is 0. The van der Waals surface area contributed by atoms with E-state index in [0.717, 1.165) is 12.2 Å². The van der Waals surface area contributed by atoms with Crippen LogP contribution in [0.2, 0.25) is 0 Å². The number of rotatable bonds is 5. The van der Waals surface area contributed by atoms with Gasteiger partial charge in [0.1, 0.15) is 12.6 Å². The predicted molar refractivity (Wildman–Crippen MR) is 81.2 cm³/mol. The molecule has 0 aliphatic carbocycles. The first kappa shape index (κ1) is 14.3. The second kappa shape index (κ2) is 6.87. The van der Waals surface area contributed by atoms with E-state index in [9.17, 15) is 4.79 Å². The van der Waals surface area contributed by atoms with Gasteiger partial charge in [0, 0.05) is 23.7 Å². The highest BCUT2D eigenvalue weighted by Crippen LogP contribution is 2.10. The molecule has 0 fully saturated rings. The summed E-state index contributed by atoms with van der Waals surface area (Å²) in [4.78, 5) is 11.0. The maximum Gasteiger partial charge on any atom is 0.221 e. The lowest BCUT2D eigenvalue weighted by atomic mass is 10.1. The van der Waals surface area contributed by atoms with Gasteiger partial charge in [0.2, 0.25) is 5.91 Å². The quantitative estimate of drug-likeness (QED) is 0.860. The number of anilines is 1. The zero-order valence-electron chi connectivity index (χ0n) is 12.0. The molecule has 20 heavy (non-hydrogen) atoms. The molecule has 0 aliphatic heterocycles. The Bertz CT molecular complexity index is 549. The van der Waals surface area contributed by atoms with Crippen molar-refractivity contribution < 1.29 is 10.1 Å². The molecule has 0 unspecified atom stereocenters. The molecule has 0 spiro atoms. The van der Waals surface area contributed by atoms with Crippen LogP contribution in [-0.4, -0.2) is 5.91 Å². The Morgan fingerprint density at radius 2 is 1.75 bits per heavy atom. The highest BCUT2D eigenvalue weighted by atomic mass is 16.1. The van der Waals surface area contributed by atoms with Gasteiger partial charge in [-0.2, -0.15) is 0 Å². The molecular weight excluding hydrogens is 248 g/mol. The Morgan fingerprint density at radius 1 is 1.10 bits per heavy atom. The number of carbonyl (C=O) groups is 1. The van der Waals surface area contributed by atoms with Gasteiger partial charge in [-0.1, -0.05) is 42.5 Å². The average Bonchev–Trinajstić information content (AvgIpc) is 2.46. The predicted octanol–water partition coefficient (Wildman–Crippen LogP) is 2.47. The Hall–Kier alpha value is -2.13. The van der Waals surface area contributed by atoms with Crippen molar-refractivity contribution in [3.05, 3.63) is 65.7 Å². The van der Waals surface area contributed by atoms with Crippen LogP contribution in [0.25, 0.3) is 0 Å². The molecule has 0 aliphatic rings. The smallest absolute Gasteiger partial charge is 0.221 e. The monoisotopic (exact) mass is 269 g/mol. The van der Waals surface area contributed by atoms with Crippen molar-refractivity contribution in [2.75, 3.05) is 5.32 Å². The van der Waals surface area contributed by atoms with Crippen LogP contribution < -0.4 is 10.6 Å². The van der Waals surface area contributed by atoms with E-state index in [1.54, 1.807) is 0 Å². The highest BCUT2D eigenvalue weighted by Gasteiger charge is 2.07. The normalized spacial score (nSPS) is 11.9. The molecule has 0 saturated carbocycles. The fraction of sp³-hybridized carbons (Fsp3) is 0.235. The van der Waals surface area contributed by atoms with Crippen molar-refractivity contribution in [2.24, 2.45) is 0 Å². The van der Waals surface area contributed by atoms with E-state index >= 15 is 0 Å². The Balaban J connectivity index is 1.89. The van der Waals surface area contributed by atoms with E-state index in [1.165, 1.54) is 18.1 Å². The first-order valence-electron chi connectivity index (χ1n) is 6.90. The number of hydrogen-bond donors (Lipinski definition) is 2. The van der Waals surface area contributed by atoms with Crippen LogP contribution in [0, 0.1) is 0 Å². The number of hydrogen-bond acceptors (Lipinski definition) is 1. The fourth-order valence-electron chi connectivity index (χ4n) is 2.13. The third-order valence-corrected chi connectivity index (χ3v) is 3.31. The van der Waals surface area contributed by atoms with Crippen molar-refractivity contribution in [3.8, 4) is 0 Å². The molecule has 104 valence electrons. The number of nitrogens with two attached hydrogens (primary N) is 1. The Morgan fingerprint density at radius 3 is 2.35 bits per heavy atom. The molecule has 1 atom stereocenters. The second-order valence-corrected chi connectivity index (χ2v) is 5.02. The van der Waals surface area contributed by atoms with E-state index in [-0.39, 0.29) is 5.91 Å². The lowest BCUT2D eigenvalue weighted by molar-refractivity contribution is -0.707. The van der Waals surface area contributed by atoms with Crippen LogP contribution in [0.4, 0.5) is 5.69 Å². The molecule has 0 bridgehead atoms. The van der Waals surface area contributed by atoms with Gasteiger partial charge in [-0.05, 0) is 19.1 Å². The van der Waals surface area contributed by atoms with Gasteiger partial charge in [0.15, 0.2) is 0 Å². The highest BCUT2D eigenvalue weighted by molar-refractivity contribution is 5.88. The van der Waals surface area contributed by atoms with Gasteiger partial charge in [-0.25, -0.2) is 0 Å². The first-order valence-corrected chi connectivity index (χ1v) is 6.90. The minimum atomic E-state index is -0.0398. The first-order chi connectivity index (χ1) is 9.65. The molecule has 0 heterocycles. The van der Waals surface area contributed by atoms with E-state index in [1.807, 2.05) is 18.2 Å². The lowest BCUT2D eigenvalue weighted by Gasteiger charge is -2.11. The Kier molecular flexibility index (Phi) is 4.91. The zero-order valence-corrected chi connectivity index (χ0v) is 12.0. The van der Waals surface area contributed by atoms with Crippen molar-refractivity contribution in [1.82, 2.24) is 0 Å². The summed E-state index contributed by atoms with van der Waals surface area (Å²) in [5.41, 5.74) is 3.43. The summed E-state index contributed by atoms with van der Waals surface area (Å²) in [6, 6.07) is 18.9. The zero-order chi connectivity index (χ0) is 14.4. The number of benzene rings is 2. The largest absolute Gasteiger partial charge is 0.337 e. The van der Waals surface area contributed by atoms with Gasteiger partial charge in [0.05, 0.1) is 0 Å². The minimum absolute atomic E-state index is 0.0398. The van der Waals surface area contributed by atoms with E-state index < -0.39 is 0 Å². The van der Waals surface area contributed by atoms with Gasteiger partial charge >= 0.3 is 0 Å². The summed E-state index contributed by atoms with van der Waals surface area (Å²) in [5, 5.41) is 5.08. The van der Waals surface area contributed by atoms with Crippen molar-refractivity contribution in [2.45, 2.75) is 26.4 Å². The second-order valence-electron chi connectivity index (χ2n) is 5.02. The van der Waals surface area contributed by atoms with Crippen LogP contribution in [0.5, 0.6) is 0 Å². The molecule has 3 nitrogen and oxygen atoms in total. The molecule has 2 aromatic carbocycles. The van der Waals surface area contributed by atoms with Crippen LogP contribution in [0.15, 0.2) is 54.6 Å². The van der Waals surface area contributed by atoms with Gasteiger partial charge in [0.25, 0.3) is 0 Å². The molecule has 2 aromatic rings. The van der Waals surface area contributed by atoms with Gasteiger partial charge in [-0.3, -0.25) is 4.79 Å². The summed E-state index contributed by atoms with van der Waals surface area (Å²) < 4.78 is 0. The maximum absolute atomic E-state index is 11.0. The van der Waals surface area contributed by atoms with Gasteiger partial charge in [-0.15, -0.1) is 0 Å². The van der Waals surface area contributed by atoms with Crippen LogP contribution in [0.3, 0.4) is 0 Å². The van der Waals surface area contributed by atoms with E-state index in [0.29, 0.717) is 6.04 Å². The molecule has 1 amide bonds. The number of carbonyl (C=O) groups excluding carboxylic acids is 1. The number of amides is 1. The summed E-state index contributed by atoms with van der Waals surface area (Å²) >= 11 is 0. The van der Waals surface area contributed by atoms with Crippen LogP contribution in [0.1, 0.15) is 31.0 Å². The average molecular weight is 269 g/mol.